The van der Waals surface area contributed by atoms with Gasteiger partial charge in [-0.1, -0.05) is 45.9 Å². The van der Waals surface area contributed by atoms with E-state index >= 15 is 0 Å². The van der Waals surface area contributed by atoms with Crippen molar-refractivity contribution in [2.45, 2.75) is 77.0 Å². The molecule has 1 aliphatic rings. The van der Waals surface area contributed by atoms with Gasteiger partial charge in [-0.2, -0.15) is 0 Å². The highest BCUT2D eigenvalue weighted by atomic mass is 16.3. The fourth-order valence-electron chi connectivity index (χ4n) is 4.73. The molecule has 0 aliphatic heterocycles. The van der Waals surface area contributed by atoms with Crippen molar-refractivity contribution in [1.29, 1.82) is 0 Å². The van der Waals surface area contributed by atoms with Crippen LogP contribution in [0.1, 0.15) is 99.3 Å². The van der Waals surface area contributed by atoms with Crippen LogP contribution in [0.3, 0.4) is 0 Å². The van der Waals surface area contributed by atoms with Crippen LogP contribution in [0.15, 0.2) is 36.4 Å². The van der Waals surface area contributed by atoms with Crippen molar-refractivity contribution in [3.63, 3.8) is 0 Å². The van der Waals surface area contributed by atoms with E-state index in [0.29, 0.717) is 35.2 Å². The maximum atomic E-state index is 10.4. The van der Waals surface area contributed by atoms with Gasteiger partial charge < -0.3 is 10.2 Å². The van der Waals surface area contributed by atoms with Crippen LogP contribution in [-0.4, -0.2) is 10.2 Å². The number of phenolic OH excluding ortho intramolecular Hbond substituents is 2. The summed E-state index contributed by atoms with van der Waals surface area (Å²) in [5.74, 6) is 2.72. The van der Waals surface area contributed by atoms with Crippen LogP contribution in [0.25, 0.3) is 0 Å². The highest BCUT2D eigenvalue weighted by molar-refractivity contribution is 5.49. The lowest BCUT2D eigenvalue weighted by Crippen LogP contribution is -2.15. The van der Waals surface area contributed by atoms with Crippen molar-refractivity contribution < 1.29 is 10.2 Å². The lowest BCUT2D eigenvalue weighted by atomic mass is 9.73. The third kappa shape index (κ3) is 3.75. The molecule has 2 N–H and O–H groups in total. The maximum Gasteiger partial charge on any atom is 0.119 e. The smallest absolute Gasteiger partial charge is 0.119 e. The van der Waals surface area contributed by atoms with Gasteiger partial charge in [0.25, 0.3) is 0 Å². The molecule has 0 amide bonds. The molecular formula is C24H32O2. The Morgan fingerprint density at radius 2 is 1.23 bits per heavy atom. The van der Waals surface area contributed by atoms with E-state index in [1.165, 1.54) is 42.4 Å². The zero-order chi connectivity index (χ0) is 18.8. The number of phenols is 2. The molecule has 140 valence electrons. The average molecular weight is 353 g/mol. The molecule has 0 aromatic heterocycles. The van der Waals surface area contributed by atoms with Crippen LogP contribution in [0, 0.1) is 0 Å². The van der Waals surface area contributed by atoms with Crippen molar-refractivity contribution in [3.05, 3.63) is 58.7 Å². The van der Waals surface area contributed by atoms with Crippen molar-refractivity contribution >= 4 is 0 Å². The summed E-state index contributed by atoms with van der Waals surface area (Å²) in [6, 6.07) is 11.8. The topological polar surface area (TPSA) is 40.5 Å². The van der Waals surface area contributed by atoms with Gasteiger partial charge in [-0.15, -0.1) is 0 Å². The second kappa shape index (κ2) is 7.73. The Kier molecular flexibility index (Phi) is 5.60. The van der Waals surface area contributed by atoms with E-state index in [2.05, 4.69) is 45.9 Å². The molecule has 0 spiro atoms. The fourth-order valence-corrected chi connectivity index (χ4v) is 4.73. The summed E-state index contributed by atoms with van der Waals surface area (Å²) in [5.41, 5.74) is 5.30. The van der Waals surface area contributed by atoms with E-state index < -0.39 is 0 Å². The Bertz CT molecular complexity index is 736. The lowest BCUT2D eigenvalue weighted by molar-refractivity contribution is 0.392. The first-order valence-electron chi connectivity index (χ1n) is 10.0. The standard InChI is InChI=1S/C24H32O2/c1-15(2)23-21(13-14-22(26)24(23)16(3)4)19-7-5-17(6-8-19)18-9-11-20(25)12-10-18/h9-17,19,25-26H,5-8H2,1-4H3. The molecule has 0 saturated heterocycles. The molecule has 0 heterocycles. The maximum absolute atomic E-state index is 10.4. The van der Waals surface area contributed by atoms with Gasteiger partial charge in [-0.05, 0) is 84.2 Å². The Morgan fingerprint density at radius 1 is 0.692 bits per heavy atom. The predicted molar refractivity (Wildman–Crippen MR) is 108 cm³/mol. The number of hydrogen-bond donors (Lipinski definition) is 2. The van der Waals surface area contributed by atoms with E-state index in [4.69, 9.17) is 0 Å². The Labute approximate surface area is 157 Å². The molecule has 2 aromatic rings. The minimum Gasteiger partial charge on any atom is -0.508 e. The first-order chi connectivity index (χ1) is 12.4. The zero-order valence-electron chi connectivity index (χ0n) is 16.5. The second-order valence-corrected chi connectivity index (χ2v) is 8.45. The van der Waals surface area contributed by atoms with E-state index in [9.17, 15) is 10.2 Å². The van der Waals surface area contributed by atoms with Crippen molar-refractivity contribution in [3.8, 4) is 11.5 Å². The lowest BCUT2D eigenvalue weighted by Gasteiger charge is -2.32. The molecule has 2 nitrogen and oxygen atoms in total. The van der Waals surface area contributed by atoms with Crippen molar-refractivity contribution in [2.24, 2.45) is 0 Å². The summed E-state index contributed by atoms with van der Waals surface area (Å²) >= 11 is 0. The van der Waals surface area contributed by atoms with E-state index in [0.717, 1.165) is 5.56 Å². The van der Waals surface area contributed by atoms with E-state index in [1.54, 1.807) is 12.1 Å². The highest BCUT2D eigenvalue weighted by Crippen LogP contribution is 2.45. The van der Waals surface area contributed by atoms with E-state index in [-0.39, 0.29) is 0 Å². The summed E-state index contributed by atoms with van der Waals surface area (Å²) in [4.78, 5) is 0. The SMILES string of the molecule is CC(C)c1c(O)ccc(C2CCC(c3ccc(O)cc3)CC2)c1C(C)C. The van der Waals surface area contributed by atoms with Crippen LogP contribution in [0.5, 0.6) is 11.5 Å². The van der Waals surface area contributed by atoms with Crippen LogP contribution < -0.4 is 0 Å². The largest absolute Gasteiger partial charge is 0.508 e. The quantitative estimate of drug-likeness (QED) is 0.636. The average Bonchev–Trinajstić information content (AvgIpc) is 2.62. The van der Waals surface area contributed by atoms with Gasteiger partial charge in [0.15, 0.2) is 0 Å². The number of benzene rings is 2. The van der Waals surface area contributed by atoms with Crippen LogP contribution in [0.2, 0.25) is 0 Å². The first-order valence-corrected chi connectivity index (χ1v) is 10.0. The molecule has 1 aliphatic carbocycles. The third-order valence-corrected chi connectivity index (χ3v) is 5.98. The Balaban J connectivity index is 1.83. The van der Waals surface area contributed by atoms with Crippen LogP contribution in [0.4, 0.5) is 0 Å². The molecule has 3 rings (SSSR count). The molecular weight excluding hydrogens is 320 g/mol. The minimum atomic E-state index is 0.334. The summed E-state index contributed by atoms with van der Waals surface area (Å²) in [5, 5.41) is 19.9. The molecule has 1 fully saturated rings. The number of rotatable bonds is 4. The molecule has 26 heavy (non-hydrogen) atoms. The Morgan fingerprint density at radius 3 is 1.77 bits per heavy atom. The summed E-state index contributed by atoms with van der Waals surface area (Å²) in [6.45, 7) is 8.83. The molecule has 0 bridgehead atoms. The summed E-state index contributed by atoms with van der Waals surface area (Å²) < 4.78 is 0. The molecule has 2 aromatic carbocycles. The van der Waals surface area contributed by atoms with Crippen LogP contribution in [-0.2, 0) is 0 Å². The van der Waals surface area contributed by atoms with Gasteiger partial charge in [-0.25, -0.2) is 0 Å². The Hall–Kier alpha value is -1.96. The normalized spacial score (nSPS) is 20.7. The fraction of sp³-hybridized carbons (Fsp3) is 0.500. The minimum absolute atomic E-state index is 0.334. The molecule has 0 unspecified atom stereocenters. The summed E-state index contributed by atoms with van der Waals surface area (Å²) in [6.07, 6.45) is 4.75. The third-order valence-electron chi connectivity index (χ3n) is 5.98. The zero-order valence-corrected chi connectivity index (χ0v) is 16.5. The van der Waals surface area contributed by atoms with Crippen molar-refractivity contribution in [2.75, 3.05) is 0 Å². The second-order valence-electron chi connectivity index (χ2n) is 8.45. The van der Waals surface area contributed by atoms with Gasteiger partial charge in [0.2, 0.25) is 0 Å². The first kappa shape index (κ1) is 18.8. The molecule has 1 saturated carbocycles. The molecule has 0 radical (unpaired) electrons. The van der Waals surface area contributed by atoms with Gasteiger partial charge in [0.1, 0.15) is 11.5 Å². The molecule has 2 heteroatoms. The molecule has 0 atom stereocenters. The summed E-state index contributed by atoms with van der Waals surface area (Å²) in [7, 11) is 0. The monoisotopic (exact) mass is 352 g/mol. The predicted octanol–water partition coefficient (Wildman–Crippen LogP) is 6.79. The van der Waals surface area contributed by atoms with Gasteiger partial charge in [0.05, 0.1) is 0 Å². The van der Waals surface area contributed by atoms with Crippen molar-refractivity contribution in [1.82, 2.24) is 0 Å². The number of hydrogen-bond acceptors (Lipinski definition) is 2. The highest BCUT2D eigenvalue weighted by Gasteiger charge is 2.28. The van der Waals surface area contributed by atoms with E-state index in [1.807, 2.05) is 6.07 Å². The van der Waals surface area contributed by atoms with Gasteiger partial charge in [0, 0.05) is 5.56 Å². The van der Waals surface area contributed by atoms with Gasteiger partial charge >= 0.3 is 0 Å². The van der Waals surface area contributed by atoms with Crippen LogP contribution >= 0.6 is 0 Å². The van der Waals surface area contributed by atoms with Gasteiger partial charge in [-0.3, -0.25) is 0 Å². The number of aromatic hydroxyl groups is 2.